The number of benzene rings is 1. The zero-order valence-corrected chi connectivity index (χ0v) is 16.0. The first kappa shape index (κ1) is 19.3. The van der Waals surface area contributed by atoms with E-state index in [2.05, 4.69) is 50.6 Å². The molecule has 1 aliphatic heterocycles. The molecule has 2 N–H and O–H groups in total. The first-order chi connectivity index (χ1) is 13.1. The molecule has 2 aromatic rings. The first-order valence-electron chi connectivity index (χ1n) is 9.33. The molecule has 1 aromatic heterocycles. The molecule has 0 radical (unpaired) electrons. The molecule has 7 nitrogen and oxygen atoms in total. The molecule has 1 saturated heterocycles. The number of nitrogens with zero attached hydrogens (tertiary/aromatic N) is 3. The van der Waals surface area contributed by atoms with E-state index in [1.165, 1.54) is 11.1 Å². The average Bonchev–Trinajstić information content (AvgIpc) is 2.67. The highest BCUT2D eigenvalue weighted by atomic mass is 16.5. The summed E-state index contributed by atoms with van der Waals surface area (Å²) in [5, 5.41) is 6.22. The summed E-state index contributed by atoms with van der Waals surface area (Å²) >= 11 is 0. The quantitative estimate of drug-likeness (QED) is 0.774. The van der Waals surface area contributed by atoms with Gasteiger partial charge in [0.1, 0.15) is 17.3 Å². The highest BCUT2D eigenvalue weighted by Gasteiger charge is 2.13. The van der Waals surface area contributed by atoms with Gasteiger partial charge in [0.05, 0.1) is 13.2 Å². The Morgan fingerprint density at radius 1 is 1.19 bits per heavy atom. The van der Waals surface area contributed by atoms with Crippen LogP contribution in [0.5, 0.6) is 0 Å². The lowest BCUT2D eigenvalue weighted by Gasteiger charge is -2.26. The summed E-state index contributed by atoms with van der Waals surface area (Å²) in [6.07, 6.45) is 0. The lowest BCUT2D eigenvalue weighted by Crippen LogP contribution is -2.41. The number of carbonyl (C=O) groups excluding carboxylic acids is 1. The van der Waals surface area contributed by atoms with E-state index < -0.39 is 0 Å². The van der Waals surface area contributed by atoms with E-state index in [1.54, 1.807) is 13.0 Å². The van der Waals surface area contributed by atoms with E-state index in [0.717, 1.165) is 32.8 Å². The van der Waals surface area contributed by atoms with Crippen LogP contribution in [0.1, 0.15) is 27.4 Å². The summed E-state index contributed by atoms with van der Waals surface area (Å²) in [5.41, 5.74) is 2.77. The second-order valence-corrected chi connectivity index (χ2v) is 6.74. The molecule has 0 bridgehead atoms. The van der Waals surface area contributed by atoms with Crippen molar-refractivity contribution in [3.05, 3.63) is 53.0 Å². The van der Waals surface area contributed by atoms with Gasteiger partial charge in [0.15, 0.2) is 0 Å². The summed E-state index contributed by atoms with van der Waals surface area (Å²) in [4.78, 5) is 23.4. The zero-order valence-electron chi connectivity index (χ0n) is 16.0. The van der Waals surface area contributed by atoms with Gasteiger partial charge in [-0.3, -0.25) is 9.69 Å². The Bertz CT molecular complexity index is 775. The van der Waals surface area contributed by atoms with E-state index in [-0.39, 0.29) is 5.91 Å². The number of hydrogen-bond acceptors (Lipinski definition) is 6. The number of anilines is 1. The van der Waals surface area contributed by atoms with Gasteiger partial charge in [0, 0.05) is 38.8 Å². The molecule has 0 atom stereocenters. The third kappa shape index (κ3) is 6.01. The topological polar surface area (TPSA) is 79.4 Å². The standard InChI is InChI=1S/C20H27N5O2/c1-15-4-3-5-17(12-15)14-22-19-13-18(23-16(2)24-19)20(26)21-6-7-25-8-10-27-11-9-25/h3-5,12-13H,6-11,14H2,1-2H3,(H,21,26)(H,22,23,24). The largest absolute Gasteiger partial charge is 0.379 e. The van der Waals surface area contributed by atoms with Crippen LogP contribution in [0.2, 0.25) is 0 Å². The number of nitrogens with one attached hydrogen (secondary N) is 2. The number of hydrogen-bond donors (Lipinski definition) is 2. The third-order valence-corrected chi connectivity index (χ3v) is 4.44. The molecule has 0 aliphatic carbocycles. The molecule has 2 heterocycles. The van der Waals surface area contributed by atoms with Crippen molar-refractivity contribution in [2.24, 2.45) is 0 Å². The molecular formula is C20H27N5O2. The third-order valence-electron chi connectivity index (χ3n) is 4.44. The van der Waals surface area contributed by atoms with Crippen LogP contribution < -0.4 is 10.6 Å². The fourth-order valence-corrected chi connectivity index (χ4v) is 3.03. The van der Waals surface area contributed by atoms with Gasteiger partial charge in [-0.1, -0.05) is 29.8 Å². The number of rotatable bonds is 7. The maximum absolute atomic E-state index is 12.4. The van der Waals surface area contributed by atoms with Crippen molar-refractivity contribution in [1.29, 1.82) is 0 Å². The SMILES string of the molecule is Cc1cccc(CNc2cc(C(=O)NCCN3CCOCC3)nc(C)n2)c1. The van der Waals surface area contributed by atoms with Crippen molar-refractivity contribution in [2.75, 3.05) is 44.7 Å². The summed E-state index contributed by atoms with van der Waals surface area (Å²) in [6, 6.07) is 9.99. The molecule has 144 valence electrons. The van der Waals surface area contributed by atoms with Gasteiger partial charge in [-0.2, -0.15) is 0 Å². The number of aromatic nitrogens is 2. The molecule has 1 aromatic carbocycles. The van der Waals surface area contributed by atoms with Gasteiger partial charge >= 0.3 is 0 Å². The van der Waals surface area contributed by atoms with E-state index in [9.17, 15) is 4.79 Å². The van der Waals surface area contributed by atoms with Crippen LogP contribution in [-0.2, 0) is 11.3 Å². The minimum absolute atomic E-state index is 0.174. The van der Waals surface area contributed by atoms with Gasteiger partial charge in [-0.25, -0.2) is 9.97 Å². The summed E-state index contributed by atoms with van der Waals surface area (Å²) in [6.45, 7) is 9.26. The van der Waals surface area contributed by atoms with Crippen molar-refractivity contribution in [2.45, 2.75) is 20.4 Å². The van der Waals surface area contributed by atoms with Crippen LogP contribution in [0.15, 0.2) is 30.3 Å². The number of morpholine rings is 1. The molecule has 1 amide bonds. The smallest absolute Gasteiger partial charge is 0.270 e. The van der Waals surface area contributed by atoms with Crippen molar-refractivity contribution in [3.63, 3.8) is 0 Å². The van der Waals surface area contributed by atoms with Crippen LogP contribution in [0.3, 0.4) is 0 Å². The Morgan fingerprint density at radius 3 is 2.78 bits per heavy atom. The second-order valence-electron chi connectivity index (χ2n) is 6.74. The minimum atomic E-state index is -0.174. The van der Waals surface area contributed by atoms with Gasteiger partial charge in [0.25, 0.3) is 5.91 Å². The van der Waals surface area contributed by atoms with Crippen LogP contribution in [-0.4, -0.2) is 60.2 Å². The van der Waals surface area contributed by atoms with Crippen molar-refractivity contribution < 1.29 is 9.53 Å². The summed E-state index contributed by atoms with van der Waals surface area (Å²) in [7, 11) is 0. The molecule has 0 spiro atoms. The van der Waals surface area contributed by atoms with Gasteiger partial charge in [-0.05, 0) is 19.4 Å². The van der Waals surface area contributed by atoms with Crippen LogP contribution in [0.4, 0.5) is 5.82 Å². The fourth-order valence-electron chi connectivity index (χ4n) is 3.03. The van der Waals surface area contributed by atoms with E-state index in [4.69, 9.17) is 4.74 Å². The molecule has 7 heteroatoms. The average molecular weight is 369 g/mol. The van der Waals surface area contributed by atoms with Crippen molar-refractivity contribution in [3.8, 4) is 0 Å². The predicted molar refractivity (Wildman–Crippen MR) is 105 cm³/mol. The first-order valence-corrected chi connectivity index (χ1v) is 9.33. The Labute approximate surface area is 160 Å². The molecular weight excluding hydrogens is 342 g/mol. The molecule has 27 heavy (non-hydrogen) atoms. The Hall–Kier alpha value is -2.51. The monoisotopic (exact) mass is 369 g/mol. The van der Waals surface area contributed by atoms with E-state index >= 15 is 0 Å². The number of ether oxygens (including phenoxy) is 1. The van der Waals surface area contributed by atoms with Gasteiger partial charge in [0.2, 0.25) is 0 Å². The normalized spacial score (nSPS) is 14.7. The van der Waals surface area contributed by atoms with Crippen molar-refractivity contribution in [1.82, 2.24) is 20.2 Å². The molecule has 0 saturated carbocycles. The van der Waals surface area contributed by atoms with Gasteiger partial charge < -0.3 is 15.4 Å². The van der Waals surface area contributed by atoms with Gasteiger partial charge in [-0.15, -0.1) is 0 Å². The summed E-state index contributed by atoms with van der Waals surface area (Å²) < 4.78 is 5.33. The highest BCUT2D eigenvalue weighted by Crippen LogP contribution is 2.10. The molecule has 0 unspecified atom stereocenters. The predicted octanol–water partition coefficient (Wildman–Crippen LogP) is 1.77. The molecule has 1 fully saturated rings. The number of carbonyl (C=O) groups is 1. The number of aryl methyl sites for hydroxylation is 2. The molecule has 3 rings (SSSR count). The van der Waals surface area contributed by atoms with Crippen molar-refractivity contribution >= 4 is 11.7 Å². The van der Waals surface area contributed by atoms with Crippen LogP contribution in [0.25, 0.3) is 0 Å². The maximum atomic E-state index is 12.4. The minimum Gasteiger partial charge on any atom is -0.379 e. The van der Waals surface area contributed by atoms with E-state index in [0.29, 0.717) is 30.4 Å². The lowest BCUT2D eigenvalue weighted by atomic mass is 10.1. The highest BCUT2D eigenvalue weighted by molar-refractivity contribution is 5.92. The second kappa shape index (κ2) is 9.43. The lowest BCUT2D eigenvalue weighted by molar-refractivity contribution is 0.0383. The zero-order chi connectivity index (χ0) is 19.1. The Morgan fingerprint density at radius 2 is 2.00 bits per heavy atom. The van der Waals surface area contributed by atoms with Crippen LogP contribution in [0, 0.1) is 13.8 Å². The molecule has 1 aliphatic rings. The Balaban J connectivity index is 1.54. The fraction of sp³-hybridized carbons (Fsp3) is 0.450. The Kier molecular flexibility index (Phi) is 6.73. The van der Waals surface area contributed by atoms with E-state index in [1.807, 2.05) is 6.07 Å². The maximum Gasteiger partial charge on any atom is 0.270 e. The number of amides is 1. The summed E-state index contributed by atoms with van der Waals surface area (Å²) in [5.74, 6) is 1.05. The van der Waals surface area contributed by atoms with Crippen LogP contribution >= 0.6 is 0 Å².